The summed E-state index contributed by atoms with van der Waals surface area (Å²) >= 11 is 1.48. The smallest absolute Gasteiger partial charge is 0.202 e. The van der Waals surface area contributed by atoms with Gasteiger partial charge in [-0.05, 0) is 42.4 Å². The van der Waals surface area contributed by atoms with Gasteiger partial charge in [-0.3, -0.25) is 4.79 Å². The maximum Gasteiger partial charge on any atom is 0.202 e. The Hall–Kier alpha value is -1.76. The summed E-state index contributed by atoms with van der Waals surface area (Å²) in [5, 5.41) is 3.56. The predicted octanol–water partition coefficient (Wildman–Crippen LogP) is 3.08. The van der Waals surface area contributed by atoms with Crippen LogP contribution in [0, 0.1) is 0 Å². The number of nitrogens with two attached hydrogens (primary N) is 1. The van der Waals surface area contributed by atoms with Gasteiger partial charge in [0.15, 0.2) is 0 Å². The van der Waals surface area contributed by atoms with Crippen LogP contribution in [-0.4, -0.2) is 50.1 Å². The topological polar surface area (TPSA) is 67.6 Å². The van der Waals surface area contributed by atoms with Crippen molar-refractivity contribution in [3.63, 3.8) is 0 Å². The van der Waals surface area contributed by atoms with Gasteiger partial charge >= 0.3 is 0 Å². The molecule has 26 heavy (non-hydrogen) atoms. The largest absolute Gasteiger partial charge is 0.398 e. The molecule has 5 nitrogen and oxygen atoms in total. The number of ketones is 1. The second-order valence-electron chi connectivity index (χ2n) is 6.48. The van der Waals surface area contributed by atoms with Gasteiger partial charge in [-0.1, -0.05) is 31.7 Å². The normalized spacial score (nSPS) is 18.9. The van der Waals surface area contributed by atoms with E-state index in [2.05, 4.69) is 30.1 Å². The van der Waals surface area contributed by atoms with E-state index < -0.39 is 6.10 Å². The zero-order valence-corrected chi connectivity index (χ0v) is 16.5. The van der Waals surface area contributed by atoms with Crippen molar-refractivity contribution < 1.29 is 9.53 Å². The zero-order chi connectivity index (χ0) is 18.7. The SMILES string of the molecule is CCN(CC)CCNc1ccc(N)c2c1CC1=C(S2)C(=O)C(OC)C=C1. The fourth-order valence-corrected chi connectivity index (χ4v) is 4.57. The van der Waals surface area contributed by atoms with E-state index in [9.17, 15) is 4.79 Å². The molecule has 6 heteroatoms. The molecule has 0 radical (unpaired) electrons. The number of anilines is 2. The van der Waals surface area contributed by atoms with Crippen LogP contribution < -0.4 is 11.1 Å². The first-order chi connectivity index (χ1) is 12.6. The van der Waals surface area contributed by atoms with Gasteiger partial charge in [0.1, 0.15) is 6.10 Å². The summed E-state index contributed by atoms with van der Waals surface area (Å²) in [6, 6.07) is 3.98. The number of hydrogen-bond donors (Lipinski definition) is 2. The molecule has 0 bridgehead atoms. The van der Waals surface area contributed by atoms with Crippen molar-refractivity contribution in [1.29, 1.82) is 0 Å². The lowest BCUT2D eigenvalue weighted by molar-refractivity contribution is -0.122. The van der Waals surface area contributed by atoms with Crippen LogP contribution in [0.3, 0.4) is 0 Å². The van der Waals surface area contributed by atoms with Crippen LogP contribution in [0.15, 0.2) is 39.7 Å². The molecule has 1 atom stereocenters. The number of allylic oxidation sites excluding steroid dienone is 2. The molecule has 0 aromatic heterocycles. The Morgan fingerprint density at radius 1 is 1.35 bits per heavy atom. The minimum atomic E-state index is -0.487. The number of fused-ring (bicyclic) bond motifs is 1. The highest BCUT2D eigenvalue weighted by Crippen LogP contribution is 2.46. The van der Waals surface area contributed by atoms with Gasteiger partial charge in [0, 0.05) is 42.9 Å². The standard InChI is InChI=1S/C20H27N3O2S/c1-4-23(5-2)11-10-22-16-8-7-15(21)20-14(16)12-13-6-9-17(25-3)18(24)19(13)26-20/h6-9,17,22H,4-5,10-12,21H2,1-3H3. The molecular formula is C20H27N3O2S. The molecule has 0 saturated carbocycles. The lowest BCUT2D eigenvalue weighted by Gasteiger charge is -2.28. The van der Waals surface area contributed by atoms with Crippen molar-refractivity contribution in [3.05, 3.63) is 40.3 Å². The summed E-state index contributed by atoms with van der Waals surface area (Å²) in [5.74, 6) is 0.0277. The number of carbonyl (C=O) groups is 1. The first-order valence-corrected chi connectivity index (χ1v) is 9.94. The van der Waals surface area contributed by atoms with Crippen molar-refractivity contribution in [2.24, 2.45) is 0 Å². The maximum absolute atomic E-state index is 12.6. The molecule has 0 spiro atoms. The zero-order valence-electron chi connectivity index (χ0n) is 15.7. The third-order valence-electron chi connectivity index (χ3n) is 5.00. The minimum absolute atomic E-state index is 0.0277. The van der Waals surface area contributed by atoms with E-state index in [0.29, 0.717) is 0 Å². The van der Waals surface area contributed by atoms with Crippen LogP contribution in [0.1, 0.15) is 19.4 Å². The second-order valence-corrected chi connectivity index (χ2v) is 7.50. The highest BCUT2D eigenvalue weighted by molar-refractivity contribution is 8.04. The van der Waals surface area contributed by atoms with E-state index in [1.54, 1.807) is 7.11 Å². The molecule has 1 aromatic rings. The van der Waals surface area contributed by atoms with Crippen LogP contribution >= 0.6 is 11.8 Å². The Labute approximate surface area is 159 Å². The molecular weight excluding hydrogens is 346 g/mol. The molecule has 3 rings (SSSR count). The Morgan fingerprint density at radius 2 is 2.12 bits per heavy atom. The maximum atomic E-state index is 12.6. The van der Waals surface area contributed by atoms with Gasteiger partial charge in [-0.25, -0.2) is 0 Å². The fourth-order valence-electron chi connectivity index (χ4n) is 3.38. The van der Waals surface area contributed by atoms with E-state index in [-0.39, 0.29) is 5.78 Å². The molecule has 0 saturated heterocycles. The fraction of sp³-hybridized carbons (Fsp3) is 0.450. The average molecular weight is 374 g/mol. The average Bonchev–Trinajstić information content (AvgIpc) is 2.66. The quantitative estimate of drug-likeness (QED) is 0.716. The van der Waals surface area contributed by atoms with Gasteiger partial charge in [0.2, 0.25) is 5.78 Å². The summed E-state index contributed by atoms with van der Waals surface area (Å²) in [5.41, 5.74) is 10.3. The molecule has 0 amide bonds. The number of nitrogens with one attached hydrogen (secondary N) is 1. The molecule has 1 aliphatic heterocycles. The summed E-state index contributed by atoms with van der Waals surface area (Å²) in [4.78, 5) is 16.7. The molecule has 1 heterocycles. The molecule has 1 aromatic carbocycles. The molecule has 3 N–H and O–H groups in total. The van der Waals surface area contributed by atoms with Crippen molar-refractivity contribution in [2.45, 2.75) is 31.3 Å². The van der Waals surface area contributed by atoms with Gasteiger partial charge in [0.05, 0.1) is 4.91 Å². The Kier molecular flexibility index (Phi) is 6.06. The Morgan fingerprint density at radius 3 is 2.81 bits per heavy atom. The van der Waals surface area contributed by atoms with Gasteiger partial charge in [-0.2, -0.15) is 0 Å². The van der Waals surface area contributed by atoms with Crippen LogP contribution in [-0.2, 0) is 16.0 Å². The summed E-state index contributed by atoms with van der Waals surface area (Å²) < 4.78 is 5.26. The number of thioether (sulfide) groups is 1. The summed E-state index contributed by atoms with van der Waals surface area (Å²) in [6.45, 7) is 8.35. The lowest BCUT2D eigenvalue weighted by atomic mass is 9.95. The van der Waals surface area contributed by atoms with E-state index in [0.717, 1.165) is 59.3 Å². The van der Waals surface area contributed by atoms with Gasteiger partial charge < -0.3 is 20.7 Å². The van der Waals surface area contributed by atoms with E-state index in [1.807, 2.05) is 18.2 Å². The van der Waals surface area contributed by atoms with Crippen LogP contribution in [0.2, 0.25) is 0 Å². The van der Waals surface area contributed by atoms with Gasteiger partial charge in [-0.15, -0.1) is 0 Å². The number of methoxy groups -OCH3 is 1. The second kappa shape index (κ2) is 8.29. The van der Waals surface area contributed by atoms with E-state index in [1.165, 1.54) is 17.3 Å². The number of hydrogen-bond acceptors (Lipinski definition) is 6. The lowest BCUT2D eigenvalue weighted by Crippen LogP contribution is -2.29. The van der Waals surface area contributed by atoms with E-state index >= 15 is 0 Å². The van der Waals surface area contributed by atoms with Crippen molar-refractivity contribution >= 4 is 28.9 Å². The first kappa shape index (κ1) is 19.0. The highest BCUT2D eigenvalue weighted by atomic mass is 32.2. The highest BCUT2D eigenvalue weighted by Gasteiger charge is 2.32. The molecule has 140 valence electrons. The Balaban J connectivity index is 1.81. The minimum Gasteiger partial charge on any atom is -0.398 e. The van der Waals surface area contributed by atoms with Gasteiger partial charge in [0.25, 0.3) is 0 Å². The monoisotopic (exact) mass is 373 g/mol. The van der Waals surface area contributed by atoms with Crippen LogP contribution in [0.4, 0.5) is 11.4 Å². The van der Waals surface area contributed by atoms with Crippen LogP contribution in [0.5, 0.6) is 0 Å². The van der Waals surface area contributed by atoms with Crippen molar-refractivity contribution in [3.8, 4) is 0 Å². The molecule has 1 unspecified atom stereocenters. The third-order valence-corrected chi connectivity index (χ3v) is 6.35. The first-order valence-electron chi connectivity index (χ1n) is 9.12. The number of carbonyl (C=O) groups excluding carboxylic acids is 1. The third kappa shape index (κ3) is 3.68. The van der Waals surface area contributed by atoms with Crippen molar-refractivity contribution in [2.75, 3.05) is 44.3 Å². The number of likely N-dealkylation sites (N-methyl/N-ethyl adjacent to an activating group) is 1. The molecule has 0 fully saturated rings. The number of ether oxygens (including phenoxy) is 1. The van der Waals surface area contributed by atoms with Crippen molar-refractivity contribution in [1.82, 2.24) is 4.90 Å². The predicted molar refractivity (Wildman–Crippen MR) is 109 cm³/mol. The number of Topliss-reactive ketones (excluding diaryl/α,β-unsaturated/α-hetero) is 1. The summed E-state index contributed by atoms with van der Waals surface area (Å²) in [6.07, 6.45) is 4.09. The molecule has 2 aliphatic rings. The summed E-state index contributed by atoms with van der Waals surface area (Å²) in [7, 11) is 1.56. The number of nitrogens with zero attached hydrogens (tertiary/aromatic N) is 1. The number of nitrogen functional groups attached to an aromatic ring is 1. The number of benzene rings is 1. The van der Waals surface area contributed by atoms with E-state index in [4.69, 9.17) is 10.5 Å². The molecule has 1 aliphatic carbocycles. The van der Waals surface area contributed by atoms with Crippen LogP contribution in [0.25, 0.3) is 0 Å². The Bertz CT molecular complexity index is 754. The number of rotatable bonds is 7.